The highest BCUT2D eigenvalue weighted by Gasteiger charge is 1.96. The number of carboxylic acid groups (broad SMARTS) is 1. The van der Waals surface area contributed by atoms with Crippen LogP contribution < -0.4 is 11.3 Å². The monoisotopic (exact) mass is 202 g/mol. The Hall–Kier alpha value is -0.610. The maximum atomic E-state index is 10.2. The van der Waals surface area contributed by atoms with E-state index in [4.69, 9.17) is 10.9 Å². The van der Waals surface area contributed by atoms with Crippen LogP contribution >= 0.6 is 0 Å². The molecule has 0 rings (SSSR count). The molecule has 4 N–H and O–H groups in total. The molecule has 0 unspecified atom stereocenters. The van der Waals surface area contributed by atoms with Gasteiger partial charge in [-0.05, 0) is 12.8 Å². The van der Waals surface area contributed by atoms with E-state index < -0.39 is 5.97 Å². The molecule has 14 heavy (non-hydrogen) atoms. The van der Waals surface area contributed by atoms with Gasteiger partial charge >= 0.3 is 5.97 Å². The summed E-state index contributed by atoms with van der Waals surface area (Å²) in [6, 6.07) is 0. The smallest absolute Gasteiger partial charge is 0.303 e. The van der Waals surface area contributed by atoms with Crippen molar-refractivity contribution in [1.82, 2.24) is 5.43 Å². The molecule has 0 radical (unpaired) electrons. The molecule has 0 aliphatic rings. The summed E-state index contributed by atoms with van der Waals surface area (Å²) in [6.07, 6.45) is 8.12. The quantitative estimate of drug-likeness (QED) is 0.286. The highest BCUT2D eigenvalue weighted by Crippen LogP contribution is 2.07. The number of carboxylic acids is 1. The minimum atomic E-state index is -0.681. The van der Waals surface area contributed by atoms with Crippen LogP contribution in [-0.4, -0.2) is 17.6 Å². The summed E-state index contributed by atoms with van der Waals surface area (Å²) in [5.74, 6) is 4.45. The number of carbonyl (C=O) groups is 1. The van der Waals surface area contributed by atoms with Crippen LogP contribution in [0, 0.1) is 0 Å². The van der Waals surface area contributed by atoms with Gasteiger partial charge in [0.2, 0.25) is 0 Å². The van der Waals surface area contributed by atoms with Gasteiger partial charge in [0.1, 0.15) is 0 Å². The predicted molar refractivity (Wildman–Crippen MR) is 56.8 cm³/mol. The first-order chi connectivity index (χ1) is 6.77. The van der Waals surface area contributed by atoms with Crippen LogP contribution in [0.2, 0.25) is 0 Å². The minimum absolute atomic E-state index is 0.317. The molecule has 0 bridgehead atoms. The Kier molecular flexibility index (Phi) is 10.0. The van der Waals surface area contributed by atoms with E-state index in [-0.39, 0.29) is 0 Å². The summed E-state index contributed by atoms with van der Waals surface area (Å²) in [4.78, 5) is 10.2. The van der Waals surface area contributed by atoms with E-state index in [0.29, 0.717) is 6.42 Å². The fourth-order valence-corrected chi connectivity index (χ4v) is 1.39. The second kappa shape index (κ2) is 10.5. The van der Waals surface area contributed by atoms with Crippen molar-refractivity contribution in [3.8, 4) is 0 Å². The van der Waals surface area contributed by atoms with Gasteiger partial charge in [0.15, 0.2) is 0 Å². The van der Waals surface area contributed by atoms with Crippen molar-refractivity contribution in [3.05, 3.63) is 0 Å². The molecule has 0 aromatic rings. The Morgan fingerprint density at radius 1 is 1.00 bits per heavy atom. The molecule has 0 aliphatic carbocycles. The first kappa shape index (κ1) is 13.4. The maximum Gasteiger partial charge on any atom is 0.303 e. The molecule has 4 heteroatoms. The van der Waals surface area contributed by atoms with Gasteiger partial charge in [0.25, 0.3) is 0 Å². The Labute approximate surface area is 85.8 Å². The molecule has 0 aromatic carbocycles. The Morgan fingerprint density at radius 3 is 2.00 bits per heavy atom. The third kappa shape index (κ3) is 11.4. The Balaban J connectivity index is 2.88. The van der Waals surface area contributed by atoms with Crippen LogP contribution in [0.15, 0.2) is 0 Å². The summed E-state index contributed by atoms with van der Waals surface area (Å²) < 4.78 is 0. The lowest BCUT2D eigenvalue weighted by atomic mass is 10.1. The summed E-state index contributed by atoms with van der Waals surface area (Å²) in [7, 11) is 0. The lowest BCUT2D eigenvalue weighted by Crippen LogP contribution is -2.22. The van der Waals surface area contributed by atoms with Crippen LogP contribution in [0.1, 0.15) is 51.4 Å². The van der Waals surface area contributed by atoms with Crippen LogP contribution in [0.5, 0.6) is 0 Å². The number of nitrogens with one attached hydrogen (secondary N) is 1. The molecule has 84 valence electrons. The van der Waals surface area contributed by atoms with Crippen LogP contribution in [0.4, 0.5) is 0 Å². The van der Waals surface area contributed by atoms with Crippen molar-refractivity contribution in [1.29, 1.82) is 0 Å². The van der Waals surface area contributed by atoms with Gasteiger partial charge in [0, 0.05) is 13.0 Å². The van der Waals surface area contributed by atoms with Crippen LogP contribution in [0.3, 0.4) is 0 Å². The normalized spacial score (nSPS) is 10.4. The molecule has 0 spiro atoms. The van der Waals surface area contributed by atoms with E-state index in [0.717, 1.165) is 32.2 Å². The molecule has 0 atom stereocenters. The summed E-state index contributed by atoms with van der Waals surface area (Å²) >= 11 is 0. The zero-order valence-electron chi connectivity index (χ0n) is 8.80. The van der Waals surface area contributed by atoms with Crippen molar-refractivity contribution < 1.29 is 9.90 Å². The second-order valence-electron chi connectivity index (χ2n) is 3.57. The molecule has 4 nitrogen and oxygen atoms in total. The van der Waals surface area contributed by atoms with Crippen molar-refractivity contribution in [3.63, 3.8) is 0 Å². The predicted octanol–water partition coefficient (Wildman–Crippen LogP) is 1.66. The van der Waals surface area contributed by atoms with E-state index >= 15 is 0 Å². The van der Waals surface area contributed by atoms with E-state index in [1.54, 1.807) is 0 Å². The largest absolute Gasteiger partial charge is 0.481 e. The number of rotatable bonds is 10. The van der Waals surface area contributed by atoms with Gasteiger partial charge in [-0.2, -0.15) is 0 Å². The van der Waals surface area contributed by atoms with Crippen molar-refractivity contribution in [2.24, 2.45) is 5.84 Å². The lowest BCUT2D eigenvalue weighted by Gasteiger charge is -2.00. The zero-order chi connectivity index (χ0) is 10.6. The first-order valence-corrected chi connectivity index (χ1v) is 5.42. The molecule has 0 saturated carbocycles. The molecular formula is C10H22N2O2. The summed E-state index contributed by atoms with van der Waals surface area (Å²) in [5.41, 5.74) is 2.63. The SMILES string of the molecule is NNCCCCCCCCCC(=O)O. The topological polar surface area (TPSA) is 75.3 Å². The van der Waals surface area contributed by atoms with E-state index in [9.17, 15) is 4.79 Å². The molecular weight excluding hydrogens is 180 g/mol. The average Bonchev–Trinajstić information content (AvgIpc) is 2.15. The number of hydrogen-bond donors (Lipinski definition) is 3. The molecule has 0 aliphatic heterocycles. The van der Waals surface area contributed by atoms with Crippen LogP contribution in [-0.2, 0) is 4.79 Å². The van der Waals surface area contributed by atoms with Gasteiger partial charge in [-0.3, -0.25) is 16.1 Å². The molecule has 0 heterocycles. The second-order valence-corrected chi connectivity index (χ2v) is 3.57. The van der Waals surface area contributed by atoms with E-state index in [1.165, 1.54) is 19.3 Å². The maximum absolute atomic E-state index is 10.2. The molecule has 0 aromatic heterocycles. The first-order valence-electron chi connectivity index (χ1n) is 5.42. The molecule has 0 amide bonds. The van der Waals surface area contributed by atoms with Gasteiger partial charge in [-0.25, -0.2) is 0 Å². The highest BCUT2D eigenvalue weighted by atomic mass is 16.4. The Morgan fingerprint density at radius 2 is 1.50 bits per heavy atom. The summed E-state index contributed by atoms with van der Waals surface area (Å²) in [5, 5.41) is 8.39. The highest BCUT2D eigenvalue weighted by molar-refractivity contribution is 5.66. The zero-order valence-corrected chi connectivity index (χ0v) is 8.80. The number of aliphatic carboxylic acids is 1. The van der Waals surface area contributed by atoms with Crippen molar-refractivity contribution in [2.45, 2.75) is 51.4 Å². The third-order valence-electron chi connectivity index (χ3n) is 2.21. The van der Waals surface area contributed by atoms with Gasteiger partial charge in [-0.1, -0.05) is 32.1 Å². The standard InChI is InChI=1S/C10H22N2O2/c11-12-9-7-5-3-1-2-4-6-8-10(13)14/h12H,1-9,11H2,(H,13,14). The minimum Gasteiger partial charge on any atom is -0.481 e. The number of nitrogens with two attached hydrogens (primary N) is 1. The fourth-order valence-electron chi connectivity index (χ4n) is 1.39. The third-order valence-corrected chi connectivity index (χ3v) is 2.21. The fraction of sp³-hybridized carbons (Fsp3) is 0.900. The number of unbranched alkanes of at least 4 members (excludes halogenated alkanes) is 6. The van der Waals surface area contributed by atoms with Gasteiger partial charge in [-0.15, -0.1) is 0 Å². The number of hydrazine groups is 1. The molecule has 0 fully saturated rings. The van der Waals surface area contributed by atoms with E-state index in [1.807, 2.05) is 0 Å². The van der Waals surface area contributed by atoms with Gasteiger partial charge in [0.05, 0.1) is 0 Å². The van der Waals surface area contributed by atoms with Crippen molar-refractivity contribution in [2.75, 3.05) is 6.54 Å². The molecule has 0 saturated heterocycles. The number of hydrogen-bond acceptors (Lipinski definition) is 3. The van der Waals surface area contributed by atoms with E-state index in [2.05, 4.69) is 5.43 Å². The van der Waals surface area contributed by atoms with Crippen molar-refractivity contribution >= 4 is 5.97 Å². The summed E-state index contributed by atoms with van der Waals surface area (Å²) in [6.45, 7) is 0.888. The Bertz CT molecular complexity index is 140. The lowest BCUT2D eigenvalue weighted by molar-refractivity contribution is -0.137. The van der Waals surface area contributed by atoms with Crippen LogP contribution in [0.25, 0.3) is 0 Å². The average molecular weight is 202 g/mol. The van der Waals surface area contributed by atoms with Gasteiger partial charge < -0.3 is 5.11 Å².